The van der Waals surface area contributed by atoms with E-state index in [1.165, 1.54) is 0 Å². The Morgan fingerprint density at radius 3 is 2.74 bits per heavy atom. The number of carbonyl (C=O) groups is 2. The zero-order valence-corrected chi connectivity index (χ0v) is 13.9. The number of amides is 2. The second-order valence-corrected chi connectivity index (χ2v) is 6.03. The number of urea groups is 1. The number of ether oxygens (including phenoxy) is 1. The van der Waals surface area contributed by atoms with Gasteiger partial charge in [0.2, 0.25) is 0 Å². The Kier molecular flexibility index (Phi) is 6.43. The lowest BCUT2D eigenvalue weighted by Gasteiger charge is -2.31. The topological polar surface area (TPSA) is 76.5 Å². The molecule has 7 nitrogen and oxygen atoms in total. The number of piperidine rings is 1. The van der Waals surface area contributed by atoms with Gasteiger partial charge in [-0.15, -0.1) is 0 Å². The van der Waals surface area contributed by atoms with Gasteiger partial charge < -0.3 is 15.0 Å². The van der Waals surface area contributed by atoms with E-state index in [2.05, 4.69) is 17.3 Å². The van der Waals surface area contributed by atoms with Crippen LogP contribution in [0.4, 0.5) is 4.79 Å². The molecule has 1 aromatic rings. The molecule has 1 aliphatic rings. The summed E-state index contributed by atoms with van der Waals surface area (Å²) in [5.74, 6) is 0.0917. The average Bonchev–Trinajstić information content (AvgIpc) is 3.06. The van der Waals surface area contributed by atoms with E-state index >= 15 is 0 Å². The second kappa shape index (κ2) is 8.55. The van der Waals surface area contributed by atoms with Crippen molar-refractivity contribution in [3.63, 3.8) is 0 Å². The normalized spacial score (nSPS) is 16.9. The largest absolute Gasteiger partial charge is 0.466 e. The number of nitrogens with zero attached hydrogens (tertiary/aromatic N) is 3. The standard InChI is InChI=1S/C16H26N4O3/c1-3-23-15(21)14-5-9-19(10-6-14)16(22)17-11-13(2)12-20-8-4-7-18-20/h4,7-8,13-14H,3,5-6,9-12H2,1-2H3,(H,17,22). The molecule has 0 spiro atoms. The molecule has 1 N–H and O–H groups in total. The maximum atomic E-state index is 12.2. The molecule has 0 radical (unpaired) electrons. The van der Waals surface area contributed by atoms with Crippen LogP contribution in [0, 0.1) is 11.8 Å². The fourth-order valence-corrected chi connectivity index (χ4v) is 2.74. The smallest absolute Gasteiger partial charge is 0.317 e. The first-order chi connectivity index (χ1) is 11.1. The fraction of sp³-hybridized carbons (Fsp3) is 0.688. The van der Waals surface area contributed by atoms with Crippen molar-refractivity contribution in [1.82, 2.24) is 20.0 Å². The van der Waals surface area contributed by atoms with Gasteiger partial charge in [0.15, 0.2) is 0 Å². The number of hydrogen-bond acceptors (Lipinski definition) is 4. The van der Waals surface area contributed by atoms with Crippen LogP contribution in [-0.2, 0) is 16.1 Å². The van der Waals surface area contributed by atoms with E-state index in [9.17, 15) is 9.59 Å². The Balaban J connectivity index is 1.67. The molecule has 0 aliphatic carbocycles. The minimum absolute atomic E-state index is 0.0559. The maximum Gasteiger partial charge on any atom is 0.317 e. The lowest BCUT2D eigenvalue weighted by Crippen LogP contribution is -2.46. The summed E-state index contributed by atoms with van der Waals surface area (Å²) in [5.41, 5.74) is 0. The van der Waals surface area contributed by atoms with Crippen molar-refractivity contribution in [3.05, 3.63) is 18.5 Å². The number of aromatic nitrogens is 2. The van der Waals surface area contributed by atoms with Gasteiger partial charge in [-0.2, -0.15) is 5.10 Å². The van der Waals surface area contributed by atoms with E-state index in [0.29, 0.717) is 45.0 Å². The molecule has 1 unspecified atom stereocenters. The zero-order valence-electron chi connectivity index (χ0n) is 13.9. The number of rotatable bonds is 6. The molecule has 0 saturated carbocycles. The van der Waals surface area contributed by atoms with E-state index in [0.717, 1.165) is 6.54 Å². The van der Waals surface area contributed by atoms with Gasteiger partial charge in [-0.05, 0) is 31.7 Å². The van der Waals surface area contributed by atoms with E-state index < -0.39 is 0 Å². The molecule has 1 aromatic heterocycles. The molecule has 2 rings (SSSR count). The van der Waals surface area contributed by atoms with Crippen molar-refractivity contribution in [1.29, 1.82) is 0 Å². The minimum Gasteiger partial charge on any atom is -0.466 e. The van der Waals surface area contributed by atoms with Crippen molar-refractivity contribution < 1.29 is 14.3 Å². The van der Waals surface area contributed by atoms with Crippen LogP contribution in [0.3, 0.4) is 0 Å². The van der Waals surface area contributed by atoms with Crippen LogP contribution in [-0.4, -0.2) is 52.9 Å². The Labute approximate surface area is 137 Å². The summed E-state index contributed by atoms with van der Waals surface area (Å²) < 4.78 is 6.90. The van der Waals surface area contributed by atoms with Crippen LogP contribution < -0.4 is 5.32 Å². The summed E-state index contributed by atoms with van der Waals surface area (Å²) >= 11 is 0. The van der Waals surface area contributed by atoms with Gasteiger partial charge in [-0.3, -0.25) is 9.48 Å². The van der Waals surface area contributed by atoms with Crippen molar-refractivity contribution in [2.24, 2.45) is 11.8 Å². The SMILES string of the molecule is CCOC(=O)C1CCN(C(=O)NCC(C)Cn2cccn2)CC1. The third-order valence-electron chi connectivity index (χ3n) is 4.06. The summed E-state index contributed by atoms with van der Waals surface area (Å²) in [6.07, 6.45) is 5.02. The summed E-state index contributed by atoms with van der Waals surface area (Å²) in [6.45, 7) is 6.88. The quantitative estimate of drug-likeness (QED) is 0.805. The molecule has 7 heteroatoms. The van der Waals surface area contributed by atoms with Gasteiger partial charge in [0.25, 0.3) is 0 Å². The molecule has 0 bridgehead atoms. The number of hydrogen-bond donors (Lipinski definition) is 1. The highest BCUT2D eigenvalue weighted by Crippen LogP contribution is 2.18. The fourth-order valence-electron chi connectivity index (χ4n) is 2.74. The highest BCUT2D eigenvalue weighted by molar-refractivity contribution is 5.76. The predicted molar refractivity (Wildman–Crippen MR) is 85.7 cm³/mol. The predicted octanol–water partition coefficient (Wildman–Crippen LogP) is 1.50. The Hall–Kier alpha value is -2.05. The van der Waals surface area contributed by atoms with E-state index in [4.69, 9.17) is 4.74 Å². The molecule has 0 aromatic carbocycles. The molecule has 2 amide bonds. The van der Waals surface area contributed by atoms with Crippen LogP contribution in [0.15, 0.2) is 18.5 Å². The zero-order chi connectivity index (χ0) is 16.7. The Morgan fingerprint density at radius 2 is 2.13 bits per heavy atom. The summed E-state index contributed by atoms with van der Waals surface area (Å²) in [4.78, 5) is 25.6. The maximum absolute atomic E-state index is 12.2. The molecule has 1 fully saturated rings. The highest BCUT2D eigenvalue weighted by atomic mass is 16.5. The number of esters is 1. The number of nitrogens with one attached hydrogen (secondary N) is 1. The second-order valence-electron chi connectivity index (χ2n) is 6.03. The average molecular weight is 322 g/mol. The third kappa shape index (κ3) is 5.26. The number of carbonyl (C=O) groups excluding carboxylic acids is 2. The molecule has 1 atom stereocenters. The van der Waals surface area contributed by atoms with Crippen molar-refractivity contribution in [2.75, 3.05) is 26.2 Å². The molecule has 23 heavy (non-hydrogen) atoms. The van der Waals surface area contributed by atoms with E-state index in [1.807, 2.05) is 23.9 Å². The molecule has 1 saturated heterocycles. The van der Waals surface area contributed by atoms with Gasteiger partial charge in [-0.1, -0.05) is 6.92 Å². The van der Waals surface area contributed by atoms with Crippen molar-refractivity contribution in [2.45, 2.75) is 33.2 Å². The summed E-state index contributed by atoms with van der Waals surface area (Å²) in [7, 11) is 0. The summed E-state index contributed by atoms with van der Waals surface area (Å²) in [5, 5.41) is 7.13. The Morgan fingerprint density at radius 1 is 1.39 bits per heavy atom. The monoisotopic (exact) mass is 322 g/mol. The first-order valence-electron chi connectivity index (χ1n) is 8.27. The number of likely N-dealkylation sites (tertiary alicyclic amines) is 1. The lowest BCUT2D eigenvalue weighted by atomic mass is 9.97. The molecule has 1 aliphatic heterocycles. The molecular formula is C16H26N4O3. The van der Waals surface area contributed by atoms with Gasteiger partial charge in [0.05, 0.1) is 12.5 Å². The van der Waals surface area contributed by atoms with Gasteiger partial charge in [0, 0.05) is 38.6 Å². The first-order valence-corrected chi connectivity index (χ1v) is 8.27. The summed E-state index contributed by atoms with van der Waals surface area (Å²) in [6, 6.07) is 1.83. The van der Waals surface area contributed by atoms with Crippen molar-refractivity contribution >= 4 is 12.0 Å². The van der Waals surface area contributed by atoms with Gasteiger partial charge in [0.1, 0.15) is 0 Å². The minimum atomic E-state index is -0.139. The van der Waals surface area contributed by atoms with Crippen LogP contribution in [0.1, 0.15) is 26.7 Å². The lowest BCUT2D eigenvalue weighted by molar-refractivity contribution is -0.149. The third-order valence-corrected chi connectivity index (χ3v) is 4.06. The van der Waals surface area contributed by atoms with Crippen LogP contribution >= 0.6 is 0 Å². The van der Waals surface area contributed by atoms with Crippen LogP contribution in [0.2, 0.25) is 0 Å². The molecule has 2 heterocycles. The highest BCUT2D eigenvalue weighted by Gasteiger charge is 2.28. The molecular weight excluding hydrogens is 296 g/mol. The van der Waals surface area contributed by atoms with Gasteiger partial charge >= 0.3 is 12.0 Å². The van der Waals surface area contributed by atoms with Crippen molar-refractivity contribution in [3.8, 4) is 0 Å². The van der Waals surface area contributed by atoms with Gasteiger partial charge in [-0.25, -0.2) is 4.79 Å². The Bertz CT molecular complexity index is 495. The van der Waals surface area contributed by atoms with E-state index in [-0.39, 0.29) is 17.9 Å². The molecule has 128 valence electrons. The first kappa shape index (κ1) is 17.3. The van der Waals surface area contributed by atoms with Crippen LogP contribution in [0.5, 0.6) is 0 Å². The van der Waals surface area contributed by atoms with Crippen LogP contribution in [0.25, 0.3) is 0 Å². The van der Waals surface area contributed by atoms with E-state index in [1.54, 1.807) is 11.1 Å².